The minimum atomic E-state index is -0.809. The van der Waals surface area contributed by atoms with Gasteiger partial charge in [-0.1, -0.05) is 13.0 Å². The highest BCUT2D eigenvalue weighted by Crippen LogP contribution is 2.36. The molecular weight excluding hydrogens is 489 g/mol. The molecule has 2 heterocycles. The average molecular weight is 510 g/mol. The van der Waals surface area contributed by atoms with Crippen LogP contribution in [-0.2, 0) is 14.3 Å². The summed E-state index contributed by atoms with van der Waals surface area (Å²) in [7, 11) is 0. The maximum atomic E-state index is 14.0. The largest absolute Gasteiger partial charge is 0.490 e. The third-order valence-electron chi connectivity index (χ3n) is 4.52. The van der Waals surface area contributed by atoms with Gasteiger partial charge in [0.05, 0.1) is 23.8 Å². The maximum Gasteiger partial charge on any atom is 0.326 e. The molecular formula is C22H21ClFN3O6S. The van der Waals surface area contributed by atoms with Crippen molar-refractivity contribution in [1.82, 2.24) is 14.9 Å². The van der Waals surface area contributed by atoms with Crippen molar-refractivity contribution >= 4 is 46.6 Å². The zero-order valence-electron chi connectivity index (χ0n) is 18.5. The van der Waals surface area contributed by atoms with Crippen LogP contribution >= 0.6 is 23.4 Å². The van der Waals surface area contributed by atoms with Crippen molar-refractivity contribution in [3.05, 3.63) is 46.0 Å². The van der Waals surface area contributed by atoms with E-state index in [4.69, 9.17) is 25.8 Å². The van der Waals surface area contributed by atoms with Gasteiger partial charge < -0.3 is 14.2 Å². The summed E-state index contributed by atoms with van der Waals surface area (Å²) in [4.78, 5) is 45.2. The second-order valence-electron chi connectivity index (χ2n) is 7.01. The molecule has 0 aliphatic carbocycles. The Morgan fingerprint density at radius 1 is 1.29 bits per heavy atom. The number of rotatable bonds is 9. The Kier molecular flexibility index (Phi) is 8.46. The monoisotopic (exact) mass is 509 g/mol. The first-order chi connectivity index (χ1) is 16.2. The lowest BCUT2D eigenvalue weighted by Gasteiger charge is -2.15. The normalized spacial score (nSPS) is 15.6. The van der Waals surface area contributed by atoms with Crippen molar-refractivity contribution in [2.24, 2.45) is 0 Å². The predicted molar refractivity (Wildman–Crippen MR) is 123 cm³/mol. The van der Waals surface area contributed by atoms with Gasteiger partial charge in [0.25, 0.3) is 17.0 Å². The van der Waals surface area contributed by atoms with E-state index in [-0.39, 0.29) is 40.3 Å². The molecule has 1 aromatic heterocycles. The number of hydrogen-bond acceptors (Lipinski definition) is 9. The van der Waals surface area contributed by atoms with Crippen LogP contribution in [0, 0.1) is 5.82 Å². The van der Waals surface area contributed by atoms with E-state index < -0.39 is 29.5 Å². The van der Waals surface area contributed by atoms with E-state index in [1.54, 1.807) is 26.0 Å². The smallest absolute Gasteiger partial charge is 0.326 e. The van der Waals surface area contributed by atoms with Gasteiger partial charge in [-0.3, -0.25) is 19.3 Å². The van der Waals surface area contributed by atoms with Gasteiger partial charge in [-0.25, -0.2) is 4.98 Å². The van der Waals surface area contributed by atoms with Gasteiger partial charge in [-0.05, 0) is 67.4 Å². The second kappa shape index (κ2) is 11.3. The standard InChI is InChI=1S/C22H21ClFN3O6S/c1-4-12(3)32-18(28)11-27-20(29)17(34-22(27)30)9-13-6-7-15(16(8-13)31-5-2)33-19-14(24)10-25-21(23)26-19/h6-10,12H,4-5,11H2,1-3H3/b17-9+/t12-/m0/s1. The number of imide groups is 1. The van der Waals surface area contributed by atoms with Gasteiger partial charge in [0.1, 0.15) is 6.54 Å². The van der Waals surface area contributed by atoms with Crippen LogP contribution in [0.15, 0.2) is 29.3 Å². The molecule has 1 atom stereocenters. The van der Waals surface area contributed by atoms with E-state index in [1.165, 1.54) is 12.1 Å². The van der Waals surface area contributed by atoms with Crippen LogP contribution in [0.3, 0.4) is 0 Å². The van der Waals surface area contributed by atoms with E-state index in [0.717, 1.165) is 11.1 Å². The minimum absolute atomic E-state index is 0.131. The summed E-state index contributed by atoms with van der Waals surface area (Å²) in [5.74, 6) is -2.03. The zero-order valence-corrected chi connectivity index (χ0v) is 20.1. The van der Waals surface area contributed by atoms with Crippen LogP contribution in [0.25, 0.3) is 6.08 Å². The first-order valence-electron chi connectivity index (χ1n) is 10.3. The number of ether oxygens (including phenoxy) is 3. The third-order valence-corrected chi connectivity index (χ3v) is 5.61. The van der Waals surface area contributed by atoms with Crippen LogP contribution in [0.2, 0.25) is 5.28 Å². The number of carbonyl (C=O) groups is 3. The summed E-state index contributed by atoms with van der Waals surface area (Å²) < 4.78 is 30.2. The molecule has 0 bridgehead atoms. The molecule has 0 saturated carbocycles. The van der Waals surface area contributed by atoms with Crippen LogP contribution in [-0.4, -0.2) is 51.2 Å². The molecule has 0 radical (unpaired) electrons. The molecule has 0 spiro atoms. The van der Waals surface area contributed by atoms with Gasteiger partial charge in [0.15, 0.2) is 11.5 Å². The number of amides is 2. The Labute approximate surface area is 204 Å². The molecule has 12 heteroatoms. The molecule has 3 rings (SSSR count). The molecule has 2 aromatic rings. The first-order valence-corrected chi connectivity index (χ1v) is 11.5. The van der Waals surface area contributed by atoms with Gasteiger partial charge in [0.2, 0.25) is 11.1 Å². The van der Waals surface area contributed by atoms with E-state index in [0.29, 0.717) is 23.7 Å². The highest BCUT2D eigenvalue weighted by atomic mass is 35.5. The van der Waals surface area contributed by atoms with Crippen molar-refractivity contribution < 1.29 is 33.0 Å². The van der Waals surface area contributed by atoms with Crippen molar-refractivity contribution in [2.45, 2.75) is 33.3 Å². The summed E-state index contributed by atoms with van der Waals surface area (Å²) >= 11 is 6.41. The molecule has 1 saturated heterocycles. The fraction of sp³-hybridized carbons (Fsp3) is 0.318. The van der Waals surface area contributed by atoms with Gasteiger partial charge >= 0.3 is 5.97 Å². The third kappa shape index (κ3) is 6.23. The number of carbonyl (C=O) groups excluding carboxylic acids is 3. The molecule has 2 amide bonds. The lowest BCUT2D eigenvalue weighted by atomic mass is 10.2. The van der Waals surface area contributed by atoms with Crippen LogP contribution < -0.4 is 9.47 Å². The van der Waals surface area contributed by atoms with Crippen molar-refractivity contribution in [1.29, 1.82) is 0 Å². The minimum Gasteiger partial charge on any atom is -0.490 e. The van der Waals surface area contributed by atoms with Crippen molar-refractivity contribution in [3.63, 3.8) is 0 Å². The highest BCUT2D eigenvalue weighted by molar-refractivity contribution is 8.18. The Hall–Kier alpha value is -3.18. The number of thioether (sulfide) groups is 1. The van der Waals surface area contributed by atoms with E-state index >= 15 is 0 Å². The fourth-order valence-corrected chi connectivity index (χ4v) is 3.70. The van der Waals surface area contributed by atoms with Crippen LogP contribution in [0.5, 0.6) is 17.4 Å². The number of hydrogen-bond donors (Lipinski definition) is 0. The lowest BCUT2D eigenvalue weighted by Crippen LogP contribution is -2.35. The molecule has 34 heavy (non-hydrogen) atoms. The molecule has 9 nitrogen and oxygen atoms in total. The summed E-state index contributed by atoms with van der Waals surface area (Å²) in [5, 5.41) is -0.756. The van der Waals surface area contributed by atoms with E-state index in [2.05, 4.69) is 9.97 Å². The average Bonchev–Trinajstić information content (AvgIpc) is 3.05. The maximum absolute atomic E-state index is 14.0. The van der Waals surface area contributed by atoms with Crippen molar-refractivity contribution in [3.8, 4) is 17.4 Å². The molecule has 1 aromatic carbocycles. The number of benzene rings is 1. The number of esters is 1. The topological polar surface area (TPSA) is 108 Å². The molecule has 180 valence electrons. The van der Waals surface area contributed by atoms with Gasteiger partial charge in [0, 0.05) is 0 Å². The Bertz CT molecular complexity index is 1150. The Balaban J connectivity index is 1.80. The second-order valence-corrected chi connectivity index (χ2v) is 8.34. The number of aromatic nitrogens is 2. The van der Waals surface area contributed by atoms with Crippen LogP contribution in [0.1, 0.15) is 32.8 Å². The molecule has 1 aliphatic heterocycles. The Morgan fingerprint density at radius 2 is 2.06 bits per heavy atom. The fourth-order valence-electron chi connectivity index (χ4n) is 2.74. The molecule has 0 N–H and O–H groups in total. The van der Waals surface area contributed by atoms with E-state index in [1.807, 2.05) is 6.92 Å². The summed E-state index contributed by atoms with van der Waals surface area (Å²) in [6.07, 6.45) is 2.67. The lowest BCUT2D eigenvalue weighted by molar-refractivity contribution is -0.150. The van der Waals surface area contributed by atoms with Crippen LogP contribution in [0.4, 0.5) is 9.18 Å². The summed E-state index contributed by atoms with van der Waals surface area (Å²) in [5.41, 5.74) is 0.518. The zero-order chi connectivity index (χ0) is 24.8. The first kappa shape index (κ1) is 25.4. The molecule has 0 unspecified atom stereocenters. The van der Waals surface area contributed by atoms with Gasteiger partial charge in [-0.2, -0.15) is 9.37 Å². The molecule has 1 fully saturated rings. The molecule has 1 aliphatic rings. The number of halogens is 2. The summed E-state index contributed by atoms with van der Waals surface area (Å²) in [6.45, 7) is 5.15. The van der Waals surface area contributed by atoms with E-state index in [9.17, 15) is 18.8 Å². The number of nitrogens with zero attached hydrogens (tertiary/aromatic N) is 3. The van der Waals surface area contributed by atoms with Crippen molar-refractivity contribution in [2.75, 3.05) is 13.2 Å². The summed E-state index contributed by atoms with van der Waals surface area (Å²) in [6, 6.07) is 4.65. The SMILES string of the molecule is CCOc1cc(/C=C2/SC(=O)N(CC(=O)O[C@@H](C)CC)C2=O)ccc1Oc1nc(Cl)ncc1F. The Morgan fingerprint density at radius 3 is 2.76 bits per heavy atom. The predicted octanol–water partition coefficient (Wildman–Crippen LogP) is 4.84. The van der Waals surface area contributed by atoms with Gasteiger partial charge in [-0.15, -0.1) is 0 Å². The highest BCUT2D eigenvalue weighted by Gasteiger charge is 2.37. The quantitative estimate of drug-likeness (QED) is 0.266.